The third kappa shape index (κ3) is 4.10. The van der Waals surface area contributed by atoms with Gasteiger partial charge in [-0.05, 0) is 62.3 Å². The van der Waals surface area contributed by atoms with E-state index in [0.717, 1.165) is 43.2 Å². The summed E-state index contributed by atoms with van der Waals surface area (Å²) in [5, 5.41) is 9.98. The van der Waals surface area contributed by atoms with Gasteiger partial charge in [0.1, 0.15) is 0 Å². The molecule has 1 heterocycles. The van der Waals surface area contributed by atoms with E-state index in [1.165, 1.54) is 13.2 Å². The first-order valence-corrected chi connectivity index (χ1v) is 13.9. The summed E-state index contributed by atoms with van der Waals surface area (Å²) in [5.41, 5.74) is 3.05. The summed E-state index contributed by atoms with van der Waals surface area (Å²) in [5.74, 6) is -1.86. The number of ether oxygens (including phenoxy) is 1. The van der Waals surface area contributed by atoms with Gasteiger partial charge in [0.15, 0.2) is 23.1 Å². The first-order chi connectivity index (χ1) is 18.8. The highest BCUT2D eigenvalue weighted by atomic mass is 16.5. The highest BCUT2D eigenvalue weighted by molar-refractivity contribution is 6.23. The van der Waals surface area contributed by atoms with Crippen LogP contribution in [0.5, 0.6) is 11.5 Å². The number of benzene rings is 1. The Labute approximate surface area is 227 Å². The molecular weight excluding hydrogens is 494 g/mol. The zero-order valence-corrected chi connectivity index (χ0v) is 22.3. The number of Topliss-reactive ketones (excluding diaryl/α,β-unsaturated/α-hetero) is 1. The number of carbonyl (C=O) groups excluding carboxylic acids is 4. The zero-order valence-electron chi connectivity index (χ0n) is 22.3. The number of nitrogens with zero attached hydrogens (tertiary/aromatic N) is 1. The first kappa shape index (κ1) is 25.5. The van der Waals surface area contributed by atoms with Crippen LogP contribution in [0.4, 0.5) is 0 Å². The lowest BCUT2D eigenvalue weighted by molar-refractivity contribution is -0.143. The summed E-state index contributed by atoms with van der Waals surface area (Å²) in [4.78, 5) is 55.6. The van der Waals surface area contributed by atoms with Gasteiger partial charge in [0.25, 0.3) is 0 Å². The Hall–Kier alpha value is -3.74. The van der Waals surface area contributed by atoms with Gasteiger partial charge in [0, 0.05) is 28.7 Å². The molecule has 1 saturated heterocycles. The summed E-state index contributed by atoms with van der Waals surface area (Å²) in [6.07, 6.45) is 12.9. The Balaban J connectivity index is 1.40. The second-order valence-electron chi connectivity index (χ2n) is 11.4. The standard InChI is InChI=1S/C32H33NO6/c1-17-14-26(35)28-21(10-8-18-9-13-25(34)27(15-18)39-2)20-11-12-22-29(23(20)16-24(28)30(17)36)32(38)33(31(22)37)19-6-4-3-5-7-19/h8-11,13-15,19,21-23,29,34H,3-7,12,16H2,1-2H3/t21-,22-,23+,29-/m0/s1. The number of rotatable bonds is 4. The number of allylic oxidation sites excluding steroid dienone is 7. The van der Waals surface area contributed by atoms with Crippen molar-refractivity contribution in [1.29, 1.82) is 0 Å². The van der Waals surface area contributed by atoms with Crippen molar-refractivity contribution in [2.75, 3.05) is 7.11 Å². The van der Waals surface area contributed by atoms with Crippen molar-refractivity contribution in [2.45, 2.75) is 57.9 Å². The Kier molecular flexibility index (Phi) is 6.40. The average Bonchev–Trinajstić information content (AvgIpc) is 3.20. The molecule has 0 spiro atoms. The van der Waals surface area contributed by atoms with Gasteiger partial charge >= 0.3 is 0 Å². The third-order valence-electron chi connectivity index (χ3n) is 9.27. The van der Waals surface area contributed by atoms with Crippen LogP contribution in [-0.4, -0.2) is 46.5 Å². The Bertz CT molecular complexity index is 1410. The fourth-order valence-corrected chi connectivity index (χ4v) is 7.39. The molecule has 7 nitrogen and oxygen atoms in total. The maximum absolute atomic E-state index is 13.9. The van der Waals surface area contributed by atoms with Gasteiger partial charge < -0.3 is 9.84 Å². The van der Waals surface area contributed by atoms with E-state index in [1.807, 2.05) is 18.2 Å². The zero-order chi connectivity index (χ0) is 27.4. The van der Waals surface area contributed by atoms with Crippen LogP contribution < -0.4 is 4.74 Å². The van der Waals surface area contributed by atoms with Gasteiger partial charge in [-0.3, -0.25) is 24.1 Å². The molecular formula is C32H33NO6. The van der Waals surface area contributed by atoms with Crippen LogP contribution in [-0.2, 0) is 19.2 Å². The molecule has 2 fully saturated rings. The van der Waals surface area contributed by atoms with E-state index >= 15 is 0 Å². The van der Waals surface area contributed by atoms with E-state index in [1.54, 1.807) is 30.0 Å². The molecule has 1 aromatic carbocycles. The van der Waals surface area contributed by atoms with Crippen molar-refractivity contribution < 1.29 is 29.0 Å². The number of phenolic OH excluding ortho intramolecular Hbond substituents is 1. The van der Waals surface area contributed by atoms with E-state index in [9.17, 15) is 24.3 Å². The van der Waals surface area contributed by atoms with E-state index in [0.29, 0.717) is 35.3 Å². The summed E-state index contributed by atoms with van der Waals surface area (Å²) in [6.45, 7) is 1.65. The third-order valence-corrected chi connectivity index (χ3v) is 9.27. The maximum atomic E-state index is 13.9. The fourth-order valence-electron chi connectivity index (χ4n) is 7.39. The molecule has 1 saturated carbocycles. The molecule has 39 heavy (non-hydrogen) atoms. The molecule has 2 amide bonds. The molecule has 0 bridgehead atoms. The minimum Gasteiger partial charge on any atom is -0.504 e. The predicted octanol–water partition coefficient (Wildman–Crippen LogP) is 4.71. The second kappa shape index (κ2) is 9.78. The first-order valence-electron chi connectivity index (χ1n) is 13.9. The molecule has 7 heteroatoms. The molecule has 4 aliphatic carbocycles. The monoisotopic (exact) mass is 527 g/mol. The Morgan fingerprint density at radius 1 is 1.03 bits per heavy atom. The molecule has 4 atom stereocenters. The van der Waals surface area contributed by atoms with Gasteiger partial charge in [-0.15, -0.1) is 0 Å². The number of hydrogen-bond donors (Lipinski definition) is 1. The van der Waals surface area contributed by atoms with Gasteiger partial charge in [0.2, 0.25) is 11.8 Å². The highest BCUT2D eigenvalue weighted by Crippen LogP contribution is 2.53. The van der Waals surface area contributed by atoms with Gasteiger partial charge in [0.05, 0.1) is 18.9 Å². The van der Waals surface area contributed by atoms with Crippen molar-refractivity contribution in [3.63, 3.8) is 0 Å². The summed E-state index contributed by atoms with van der Waals surface area (Å²) < 4.78 is 5.24. The minimum absolute atomic E-state index is 0.0269. The van der Waals surface area contributed by atoms with Crippen LogP contribution in [0.15, 0.2) is 58.7 Å². The number of ketones is 2. The van der Waals surface area contributed by atoms with Crippen molar-refractivity contribution in [3.05, 3.63) is 64.3 Å². The molecule has 0 unspecified atom stereocenters. The lowest BCUT2D eigenvalue weighted by Crippen LogP contribution is -2.43. The predicted molar refractivity (Wildman–Crippen MR) is 144 cm³/mol. The lowest BCUT2D eigenvalue weighted by Gasteiger charge is -2.41. The fraction of sp³-hybridized carbons (Fsp3) is 0.438. The molecule has 1 aromatic rings. The van der Waals surface area contributed by atoms with E-state index in [4.69, 9.17) is 4.74 Å². The van der Waals surface area contributed by atoms with Crippen molar-refractivity contribution >= 4 is 29.5 Å². The van der Waals surface area contributed by atoms with Crippen molar-refractivity contribution in [2.24, 2.45) is 23.7 Å². The van der Waals surface area contributed by atoms with E-state index in [-0.39, 0.29) is 41.1 Å². The minimum atomic E-state index is -0.507. The van der Waals surface area contributed by atoms with E-state index in [2.05, 4.69) is 0 Å². The Morgan fingerprint density at radius 3 is 2.54 bits per heavy atom. The lowest BCUT2D eigenvalue weighted by atomic mass is 9.60. The van der Waals surface area contributed by atoms with Gasteiger partial charge in [-0.25, -0.2) is 0 Å². The molecule has 1 N–H and O–H groups in total. The number of imide groups is 1. The summed E-state index contributed by atoms with van der Waals surface area (Å²) in [6, 6.07) is 4.95. The van der Waals surface area contributed by atoms with Crippen LogP contribution in [0, 0.1) is 23.7 Å². The molecule has 0 aromatic heterocycles. The molecule has 0 radical (unpaired) electrons. The second-order valence-corrected chi connectivity index (χ2v) is 11.4. The molecule has 202 valence electrons. The Morgan fingerprint density at radius 2 is 1.79 bits per heavy atom. The number of aromatic hydroxyl groups is 1. The quantitative estimate of drug-likeness (QED) is 0.346. The van der Waals surface area contributed by atoms with Crippen LogP contribution in [0.25, 0.3) is 6.08 Å². The van der Waals surface area contributed by atoms with Gasteiger partial charge in [-0.1, -0.05) is 49.1 Å². The largest absolute Gasteiger partial charge is 0.504 e. The number of fused-ring (bicyclic) bond motifs is 3. The summed E-state index contributed by atoms with van der Waals surface area (Å²) in [7, 11) is 1.48. The normalized spacial score (nSPS) is 29.3. The van der Waals surface area contributed by atoms with Crippen LogP contribution in [0.2, 0.25) is 0 Å². The molecule has 1 aliphatic heterocycles. The number of amides is 2. The number of hydrogen-bond acceptors (Lipinski definition) is 6. The van der Waals surface area contributed by atoms with E-state index < -0.39 is 17.8 Å². The van der Waals surface area contributed by atoms with Crippen LogP contribution in [0.1, 0.15) is 57.4 Å². The van der Waals surface area contributed by atoms with Crippen LogP contribution >= 0.6 is 0 Å². The highest BCUT2D eigenvalue weighted by Gasteiger charge is 2.57. The van der Waals surface area contributed by atoms with Crippen molar-refractivity contribution in [1.82, 2.24) is 4.90 Å². The number of likely N-dealkylation sites (tertiary alicyclic amines) is 1. The molecule has 5 aliphatic rings. The maximum Gasteiger partial charge on any atom is 0.233 e. The number of phenols is 1. The average molecular weight is 528 g/mol. The topological polar surface area (TPSA) is 101 Å². The van der Waals surface area contributed by atoms with Crippen LogP contribution in [0.3, 0.4) is 0 Å². The smallest absolute Gasteiger partial charge is 0.233 e. The van der Waals surface area contributed by atoms with Gasteiger partial charge in [-0.2, -0.15) is 0 Å². The number of carbonyl (C=O) groups is 4. The number of methoxy groups -OCH3 is 1. The SMILES string of the molecule is COc1cc(C=C[C@H]2C3=CC[C@@H]4C(=O)N(C5CCCCC5)C(=O)[C@@H]4[C@@H]3CC3=C2C(=O)C=C(C)C3=O)ccc1O. The van der Waals surface area contributed by atoms with Crippen molar-refractivity contribution in [3.8, 4) is 11.5 Å². The summed E-state index contributed by atoms with van der Waals surface area (Å²) >= 11 is 0. The molecule has 6 rings (SSSR count).